The monoisotopic (exact) mass is 468 g/mol. The molecule has 1 aliphatic carbocycles. The van der Waals surface area contributed by atoms with Crippen LogP contribution in [0, 0.1) is 30.1 Å². The molecule has 8 nitrogen and oxygen atoms in total. The van der Waals surface area contributed by atoms with E-state index in [0.29, 0.717) is 39.8 Å². The molecule has 3 aromatic rings. The van der Waals surface area contributed by atoms with Crippen LogP contribution < -0.4 is 16.4 Å². The van der Waals surface area contributed by atoms with Gasteiger partial charge in [0.1, 0.15) is 11.6 Å². The molecule has 174 valence electrons. The van der Waals surface area contributed by atoms with Gasteiger partial charge in [0.2, 0.25) is 12.2 Å². The molecule has 0 bridgehead atoms. The van der Waals surface area contributed by atoms with Gasteiger partial charge in [0.15, 0.2) is 0 Å². The summed E-state index contributed by atoms with van der Waals surface area (Å²) in [6, 6.07) is 9.81. The zero-order chi connectivity index (χ0) is 24.6. The van der Waals surface area contributed by atoms with E-state index in [1.807, 2.05) is 0 Å². The zero-order valence-electron chi connectivity index (χ0n) is 17.8. The molecule has 0 spiro atoms. The number of halogens is 3. The first-order valence-electron chi connectivity index (χ1n) is 10.3. The number of nitrogens with zero attached hydrogens (tertiary/aromatic N) is 3. The number of hydrogen-bond donors (Lipinski definition) is 3. The van der Waals surface area contributed by atoms with Gasteiger partial charge in [-0.2, -0.15) is 5.26 Å². The van der Waals surface area contributed by atoms with Gasteiger partial charge >= 0.3 is 0 Å². The normalized spacial score (nSPS) is 17.8. The number of aryl methyl sites for hydroxylation is 1. The predicted molar refractivity (Wildman–Crippen MR) is 118 cm³/mol. The van der Waals surface area contributed by atoms with Gasteiger partial charge in [-0.15, -0.1) is 0 Å². The molecule has 11 heteroatoms. The van der Waals surface area contributed by atoms with Crippen molar-refractivity contribution in [3.8, 4) is 17.3 Å². The van der Waals surface area contributed by atoms with E-state index in [1.165, 1.54) is 18.3 Å². The van der Waals surface area contributed by atoms with Gasteiger partial charge in [-0.3, -0.25) is 9.59 Å². The van der Waals surface area contributed by atoms with Crippen LogP contribution in [0.15, 0.2) is 36.5 Å². The van der Waals surface area contributed by atoms with Crippen molar-refractivity contribution in [3.63, 3.8) is 0 Å². The van der Waals surface area contributed by atoms with E-state index < -0.39 is 18.6 Å². The number of carbonyl (C=O) groups excluding carboxylic acids is 2. The summed E-state index contributed by atoms with van der Waals surface area (Å²) in [5, 5.41) is 14.4. The topological polar surface area (TPSA) is 134 Å². The van der Waals surface area contributed by atoms with E-state index in [1.54, 1.807) is 30.4 Å². The molecule has 4 rings (SSSR count). The van der Waals surface area contributed by atoms with Crippen molar-refractivity contribution >= 4 is 34.2 Å². The second kappa shape index (κ2) is 8.97. The Bertz CT molecular complexity index is 1340. The fraction of sp³-hybridized carbons (Fsp3) is 0.261. The fourth-order valence-electron chi connectivity index (χ4n) is 3.59. The number of alkyl halides is 3. The number of carbonyl (C=O) groups is 2. The molecule has 0 saturated heterocycles. The lowest BCUT2D eigenvalue weighted by Crippen LogP contribution is -2.36. The van der Waals surface area contributed by atoms with E-state index in [9.17, 15) is 22.8 Å². The summed E-state index contributed by atoms with van der Waals surface area (Å²) in [6.45, 7) is 1.69. The predicted octanol–water partition coefficient (Wildman–Crippen LogP) is 3.58. The fourth-order valence-corrected chi connectivity index (χ4v) is 3.59. The molecule has 1 aromatic carbocycles. The average molecular weight is 468 g/mol. The van der Waals surface area contributed by atoms with E-state index in [0.717, 1.165) is 0 Å². The van der Waals surface area contributed by atoms with E-state index in [4.69, 9.17) is 11.0 Å². The standard InChI is InChI=1S/C23H19F3N6O2/c1-10-4-11(22(33)32-20(26)19(24)25)2-3-14(10)17-6-12-7-18(29-9-16(12)21(28)30-17)31-23(34)15-5-13(15)8-27/h2-4,6-7,9,13,15,19-20H,5H2,1H3,(H2,28,30)(H,32,33)(H,29,31,34). The first-order chi connectivity index (χ1) is 16.2. The van der Waals surface area contributed by atoms with Crippen LogP contribution in [0.4, 0.5) is 24.8 Å². The lowest BCUT2D eigenvalue weighted by atomic mass is 10.0. The maximum atomic E-state index is 13.1. The summed E-state index contributed by atoms with van der Waals surface area (Å²) >= 11 is 0. The highest BCUT2D eigenvalue weighted by molar-refractivity contribution is 5.99. The van der Waals surface area contributed by atoms with Gasteiger partial charge in [0.05, 0.1) is 23.6 Å². The third-order valence-electron chi connectivity index (χ3n) is 5.54. The molecule has 1 fully saturated rings. The Morgan fingerprint density at radius 2 is 2.00 bits per heavy atom. The molecule has 1 aliphatic rings. The zero-order valence-corrected chi connectivity index (χ0v) is 17.8. The minimum absolute atomic E-state index is 0.0169. The van der Waals surface area contributed by atoms with Crippen LogP contribution in [-0.2, 0) is 4.79 Å². The second-order valence-electron chi connectivity index (χ2n) is 7.99. The molecular formula is C23H19F3N6O2. The highest BCUT2D eigenvalue weighted by atomic mass is 19.3. The van der Waals surface area contributed by atoms with Gasteiger partial charge in [0.25, 0.3) is 12.3 Å². The van der Waals surface area contributed by atoms with Crippen LogP contribution in [-0.4, -0.2) is 34.5 Å². The van der Waals surface area contributed by atoms with Crippen LogP contribution in [0.3, 0.4) is 0 Å². The molecule has 4 N–H and O–H groups in total. The molecule has 2 heterocycles. The molecule has 2 amide bonds. The van der Waals surface area contributed by atoms with Gasteiger partial charge in [-0.1, -0.05) is 6.07 Å². The summed E-state index contributed by atoms with van der Waals surface area (Å²) in [5.41, 5.74) is 7.80. The summed E-state index contributed by atoms with van der Waals surface area (Å²) in [5.74, 6) is -1.34. The van der Waals surface area contributed by atoms with Crippen molar-refractivity contribution in [1.29, 1.82) is 5.26 Å². The number of nitrogens with one attached hydrogen (secondary N) is 2. The third kappa shape index (κ3) is 4.61. The van der Waals surface area contributed by atoms with E-state index >= 15 is 0 Å². The largest absolute Gasteiger partial charge is 0.383 e. The number of nitrogen functional groups attached to an aromatic ring is 1. The van der Waals surface area contributed by atoms with Crippen molar-refractivity contribution in [2.75, 3.05) is 11.1 Å². The molecule has 2 aromatic heterocycles. The SMILES string of the molecule is Cc1cc(C(=O)NC(F)C(F)F)ccc1-c1cc2cc(NC(=O)C3CC3C#N)ncc2c(N)n1. The molecule has 1 saturated carbocycles. The van der Waals surface area contributed by atoms with E-state index in [2.05, 4.69) is 21.4 Å². The molecule has 0 radical (unpaired) electrons. The highest BCUT2D eigenvalue weighted by Gasteiger charge is 2.43. The third-order valence-corrected chi connectivity index (χ3v) is 5.54. The number of anilines is 2. The Morgan fingerprint density at radius 3 is 2.65 bits per heavy atom. The maximum Gasteiger partial charge on any atom is 0.287 e. The summed E-state index contributed by atoms with van der Waals surface area (Å²) < 4.78 is 37.9. The van der Waals surface area contributed by atoms with Crippen LogP contribution in [0.5, 0.6) is 0 Å². The summed E-state index contributed by atoms with van der Waals surface area (Å²) in [7, 11) is 0. The van der Waals surface area contributed by atoms with Crippen LogP contribution in [0.25, 0.3) is 22.0 Å². The number of pyridine rings is 2. The van der Waals surface area contributed by atoms with Gasteiger partial charge < -0.3 is 16.4 Å². The number of fused-ring (bicyclic) bond motifs is 1. The van der Waals surface area contributed by atoms with Crippen molar-refractivity contribution < 1.29 is 22.8 Å². The number of amides is 2. The van der Waals surface area contributed by atoms with Gasteiger partial charge in [-0.05, 0) is 48.6 Å². The Morgan fingerprint density at radius 1 is 1.24 bits per heavy atom. The van der Waals surface area contributed by atoms with Crippen molar-refractivity contribution in [2.24, 2.45) is 11.8 Å². The molecule has 3 unspecified atom stereocenters. The quantitative estimate of drug-likeness (QED) is 0.474. The molecule has 0 aliphatic heterocycles. The first kappa shape index (κ1) is 23.0. The van der Waals surface area contributed by atoms with Crippen molar-refractivity contribution in [2.45, 2.75) is 26.1 Å². The summed E-state index contributed by atoms with van der Waals surface area (Å²) in [4.78, 5) is 32.8. The lowest BCUT2D eigenvalue weighted by Gasteiger charge is -2.13. The number of nitriles is 1. The molecule has 3 atom stereocenters. The number of aromatic nitrogens is 2. The van der Waals surface area contributed by atoms with Crippen molar-refractivity contribution in [1.82, 2.24) is 15.3 Å². The number of nitrogens with two attached hydrogens (primary N) is 1. The van der Waals surface area contributed by atoms with Crippen LogP contribution in [0.1, 0.15) is 22.3 Å². The molecular weight excluding hydrogens is 449 g/mol. The lowest BCUT2D eigenvalue weighted by molar-refractivity contribution is -0.117. The highest BCUT2D eigenvalue weighted by Crippen LogP contribution is 2.38. The Hall–Kier alpha value is -4.20. The van der Waals surface area contributed by atoms with E-state index in [-0.39, 0.29) is 29.1 Å². The second-order valence-corrected chi connectivity index (χ2v) is 7.99. The van der Waals surface area contributed by atoms with Crippen LogP contribution in [0.2, 0.25) is 0 Å². The Balaban J connectivity index is 1.60. The van der Waals surface area contributed by atoms with Gasteiger partial charge in [0, 0.05) is 22.7 Å². The van der Waals surface area contributed by atoms with Crippen LogP contribution >= 0.6 is 0 Å². The minimum atomic E-state index is -3.32. The number of benzene rings is 1. The maximum absolute atomic E-state index is 13.1. The minimum Gasteiger partial charge on any atom is -0.383 e. The Kier molecular flexibility index (Phi) is 6.06. The first-order valence-corrected chi connectivity index (χ1v) is 10.3. The summed E-state index contributed by atoms with van der Waals surface area (Å²) in [6.07, 6.45) is -4.07. The Labute approximate surface area is 192 Å². The number of hydrogen-bond acceptors (Lipinski definition) is 6. The smallest absolute Gasteiger partial charge is 0.287 e. The van der Waals surface area contributed by atoms with Crippen molar-refractivity contribution in [3.05, 3.63) is 47.7 Å². The van der Waals surface area contributed by atoms with Gasteiger partial charge in [-0.25, -0.2) is 23.1 Å². The average Bonchev–Trinajstić information content (AvgIpc) is 3.58. The number of rotatable bonds is 6. The molecule has 34 heavy (non-hydrogen) atoms.